The fourth-order valence-electron chi connectivity index (χ4n) is 2.96. The molecule has 0 N–H and O–H groups in total. The maximum atomic E-state index is 5.96. The Bertz CT molecular complexity index is 753. The highest BCUT2D eigenvalue weighted by Crippen LogP contribution is 2.29. The van der Waals surface area contributed by atoms with Crippen molar-refractivity contribution >= 4 is 17.2 Å². The monoisotopic (exact) mass is 370 g/mol. The maximum Gasteiger partial charge on any atom is 0.161 e. The maximum absolute atomic E-state index is 5.96. The highest BCUT2D eigenvalue weighted by molar-refractivity contribution is 7.80. The molecular weight excluding hydrogens is 344 g/mol. The summed E-state index contributed by atoms with van der Waals surface area (Å²) in [5.41, 5.74) is 3.38. The van der Waals surface area contributed by atoms with Gasteiger partial charge >= 0.3 is 0 Å². The molecule has 2 aromatic carbocycles. The van der Waals surface area contributed by atoms with Gasteiger partial charge in [-0.2, -0.15) is 0 Å². The average molecular weight is 371 g/mol. The minimum Gasteiger partial charge on any atom is -0.493 e. The number of rotatable bonds is 5. The van der Waals surface area contributed by atoms with Gasteiger partial charge in [-0.15, -0.1) is 0 Å². The van der Waals surface area contributed by atoms with Gasteiger partial charge in [-0.25, -0.2) is 0 Å². The summed E-state index contributed by atoms with van der Waals surface area (Å²) in [5, 5.41) is 0. The van der Waals surface area contributed by atoms with Gasteiger partial charge < -0.3 is 19.3 Å². The first kappa shape index (κ1) is 18.7. The van der Waals surface area contributed by atoms with Crippen molar-refractivity contribution in [2.24, 2.45) is 0 Å². The molecule has 0 radical (unpaired) electrons. The minimum atomic E-state index is 0.513. The van der Waals surface area contributed by atoms with Crippen molar-refractivity contribution in [2.75, 3.05) is 40.3 Å². The van der Waals surface area contributed by atoms with E-state index in [0.717, 1.165) is 48.0 Å². The van der Waals surface area contributed by atoms with Crippen LogP contribution in [0.15, 0.2) is 42.5 Å². The predicted molar refractivity (Wildman–Crippen MR) is 109 cm³/mol. The molecule has 26 heavy (non-hydrogen) atoms. The van der Waals surface area contributed by atoms with Crippen LogP contribution >= 0.6 is 12.2 Å². The molecule has 2 aromatic rings. The van der Waals surface area contributed by atoms with Crippen LogP contribution in [-0.4, -0.2) is 55.1 Å². The molecule has 0 aromatic heterocycles. The number of nitrogens with zero attached hydrogens (tertiary/aromatic N) is 2. The van der Waals surface area contributed by atoms with Gasteiger partial charge in [0.2, 0.25) is 0 Å². The van der Waals surface area contributed by atoms with Gasteiger partial charge in [-0.05, 0) is 37.7 Å². The lowest BCUT2D eigenvalue weighted by molar-refractivity contribution is 0.218. The zero-order valence-electron chi connectivity index (χ0n) is 15.7. The molecule has 0 bridgehead atoms. The number of methoxy groups -OCH3 is 1. The first-order chi connectivity index (χ1) is 12.6. The largest absolute Gasteiger partial charge is 0.493 e. The zero-order valence-corrected chi connectivity index (χ0v) is 16.5. The molecule has 5 heteroatoms. The lowest BCUT2D eigenvalue weighted by atomic mass is 10.1. The molecule has 1 saturated heterocycles. The Labute approximate surface area is 161 Å². The predicted octanol–water partition coefficient (Wildman–Crippen LogP) is 3.51. The van der Waals surface area contributed by atoms with Gasteiger partial charge in [-0.3, -0.25) is 0 Å². The number of thiocarbonyl (C=S) groups is 1. The van der Waals surface area contributed by atoms with Crippen LogP contribution < -0.4 is 9.47 Å². The van der Waals surface area contributed by atoms with E-state index in [1.165, 1.54) is 5.56 Å². The fraction of sp³-hybridized carbons (Fsp3) is 0.381. The topological polar surface area (TPSA) is 24.9 Å². The summed E-state index contributed by atoms with van der Waals surface area (Å²) in [6, 6.07) is 14.3. The molecule has 0 aliphatic carbocycles. The van der Waals surface area contributed by atoms with Crippen LogP contribution in [0.3, 0.4) is 0 Å². The van der Waals surface area contributed by atoms with E-state index in [4.69, 9.17) is 21.7 Å². The second kappa shape index (κ2) is 8.52. The molecule has 3 rings (SSSR count). The molecule has 0 saturated carbocycles. The Morgan fingerprint density at radius 3 is 2.35 bits per heavy atom. The Hall–Kier alpha value is -2.11. The smallest absolute Gasteiger partial charge is 0.161 e. The molecular formula is C21H26N2O2S. The fourth-order valence-corrected chi connectivity index (χ4v) is 3.27. The summed E-state index contributed by atoms with van der Waals surface area (Å²) in [4.78, 5) is 5.46. The molecule has 138 valence electrons. The third-order valence-corrected chi connectivity index (χ3v) is 5.21. The molecule has 1 aliphatic rings. The molecule has 1 fully saturated rings. The number of aryl methyl sites for hydroxylation is 1. The highest BCUT2D eigenvalue weighted by Gasteiger charge is 2.18. The minimum absolute atomic E-state index is 0.513. The Balaban J connectivity index is 1.68. The molecule has 0 amide bonds. The van der Waals surface area contributed by atoms with E-state index in [9.17, 15) is 0 Å². The number of likely N-dealkylation sites (N-methyl/N-ethyl adjacent to an activating group) is 1. The van der Waals surface area contributed by atoms with Crippen molar-refractivity contribution < 1.29 is 9.47 Å². The van der Waals surface area contributed by atoms with Crippen molar-refractivity contribution in [3.05, 3.63) is 59.2 Å². The molecule has 1 heterocycles. The van der Waals surface area contributed by atoms with E-state index in [1.807, 2.05) is 18.2 Å². The van der Waals surface area contributed by atoms with Crippen molar-refractivity contribution in [1.29, 1.82) is 0 Å². The first-order valence-corrected chi connectivity index (χ1v) is 9.32. The SMILES string of the molecule is COc1cc(C(=S)N2CCN(C)CC2)ccc1OCc1ccc(C)cc1. The summed E-state index contributed by atoms with van der Waals surface area (Å²) < 4.78 is 11.5. The first-order valence-electron chi connectivity index (χ1n) is 8.91. The van der Waals surface area contributed by atoms with Crippen LogP contribution in [0, 0.1) is 6.92 Å². The van der Waals surface area contributed by atoms with Crippen molar-refractivity contribution in [1.82, 2.24) is 9.80 Å². The second-order valence-electron chi connectivity index (χ2n) is 6.74. The van der Waals surface area contributed by atoms with E-state index in [-0.39, 0.29) is 0 Å². The summed E-state index contributed by atoms with van der Waals surface area (Å²) in [7, 11) is 3.81. The Morgan fingerprint density at radius 1 is 1.00 bits per heavy atom. The van der Waals surface area contributed by atoms with Crippen LogP contribution in [-0.2, 0) is 6.61 Å². The summed E-state index contributed by atoms with van der Waals surface area (Å²) in [6.07, 6.45) is 0. The van der Waals surface area contributed by atoms with Crippen molar-refractivity contribution in [3.63, 3.8) is 0 Å². The van der Waals surface area contributed by atoms with E-state index in [2.05, 4.69) is 48.0 Å². The quantitative estimate of drug-likeness (QED) is 0.750. The van der Waals surface area contributed by atoms with Crippen molar-refractivity contribution in [2.45, 2.75) is 13.5 Å². The average Bonchev–Trinajstić information content (AvgIpc) is 2.67. The summed E-state index contributed by atoms with van der Waals surface area (Å²) in [6.45, 7) is 6.59. The third-order valence-electron chi connectivity index (χ3n) is 4.72. The number of ether oxygens (including phenoxy) is 2. The number of hydrogen-bond donors (Lipinski definition) is 0. The van der Waals surface area contributed by atoms with E-state index < -0.39 is 0 Å². The third kappa shape index (κ3) is 4.54. The number of hydrogen-bond acceptors (Lipinski definition) is 4. The lowest BCUT2D eigenvalue weighted by Crippen LogP contribution is -2.46. The van der Waals surface area contributed by atoms with Gasteiger partial charge in [0.1, 0.15) is 11.6 Å². The van der Waals surface area contributed by atoms with Crippen LogP contribution in [0.5, 0.6) is 11.5 Å². The van der Waals surface area contributed by atoms with Gasteiger partial charge in [0.05, 0.1) is 7.11 Å². The normalized spacial score (nSPS) is 15.0. The Morgan fingerprint density at radius 2 is 1.69 bits per heavy atom. The number of benzene rings is 2. The zero-order chi connectivity index (χ0) is 18.5. The Kier molecular flexibility index (Phi) is 6.12. The summed E-state index contributed by atoms with van der Waals surface area (Å²) >= 11 is 5.69. The van der Waals surface area contributed by atoms with Gasteiger partial charge in [-0.1, -0.05) is 42.0 Å². The lowest BCUT2D eigenvalue weighted by Gasteiger charge is -2.34. The molecule has 0 unspecified atom stereocenters. The molecule has 1 aliphatic heterocycles. The molecule has 4 nitrogen and oxygen atoms in total. The highest BCUT2D eigenvalue weighted by atomic mass is 32.1. The van der Waals surface area contributed by atoms with E-state index in [0.29, 0.717) is 12.4 Å². The standard InChI is InChI=1S/C21H26N2O2S/c1-16-4-6-17(7-5-16)15-25-19-9-8-18(14-20(19)24-3)21(26)23-12-10-22(2)11-13-23/h4-9,14H,10-13,15H2,1-3H3. The molecule has 0 spiro atoms. The van der Waals surface area contributed by atoms with Crippen LogP contribution in [0.25, 0.3) is 0 Å². The van der Waals surface area contributed by atoms with Gasteiger partial charge in [0.25, 0.3) is 0 Å². The van der Waals surface area contributed by atoms with Gasteiger partial charge in [0.15, 0.2) is 11.5 Å². The van der Waals surface area contributed by atoms with Crippen LogP contribution in [0.2, 0.25) is 0 Å². The van der Waals surface area contributed by atoms with Crippen LogP contribution in [0.4, 0.5) is 0 Å². The van der Waals surface area contributed by atoms with Crippen molar-refractivity contribution in [3.8, 4) is 11.5 Å². The van der Waals surface area contributed by atoms with E-state index >= 15 is 0 Å². The summed E-state index contributed by atoms with van der Waals surface area (Å²) in [5.74, 6) is 1.45. The number of piperazine rings is 1. The molecule has 0 atom stereocenters. The van der Waals surface area contributed by atoms with Gasteiger partial charge in [0, 0.05) is 31.7 Å². The van der Waals surface area contributed by atoms with Crippen LogP contribution in [0.1, 0.15) is 16.7 Å². The second-order valence-corrected chi connectivity index (χ2v) is 7.12. The van der Waals surface area contributed by atoms with E-state index in [1.54, 1.807) is 7.11 Å².